The van der Waals surface area contributed by atoms with Crippen molar-refractivity contribution in [1.82, 2.24) is 9.55 Å². The van der Waals surface area contributed by atoms with E-state index in [-0.39, 0.29) is 5.97 Å². The van der Waals surface area contributed by atoms with Crippen LogP contribution in [0.3, 0.4) is 0 Å². The van der Waals surface area contributed by atoms with Crippen LogP contribution in [0.4, 0.5) is 0 Å². The zero-order valence-electron chi connectivity index (χ0n) is 10.2. The lowest BCUT2D eigenvalue weighted by molar-refractivity contribution is -0.132. The topological polar surface area (TPSA) is 44.1 Å². The number of rotatable bonds is 2. The Morgan fingerprint density at radius 3 is 2.83 bits per heavy atom. The Labute approximate surface area is 105 Å². The van der Waals surface area contributed by atoms with Gasteiger partial charge in [0.25, 0.3) is 0 Å². The molecule has 2 heterocycles. The first-order valence-corrected chi connectivity index (χ1v) is 6.09. The molecule has 0 spiro atoms. The van der Waals surface area contributed by atoms with Crippen molar-refractivity contribution in [2.24, 2.45) is 0 Å². The van der Waals surface area contributed by atoms with Crippen LogP contribution in [0.2, 0.25) is 0 Å². The van der Waals surface area contributed by atoms with Crippen molar-refractivity contribution in [2.75, 3.05) is 0 Å². The molecule has 0 radical (unpaired) electrons. The molecule has 2 aromatic rings. The minimum absolute atomic E-state index is 0.317. The molecule has 4 heteroatoms. The van der Waals surface area contributed by atoms with Crippen molar-refractivity contribution >= 4 is 5.97 Å². The predicted octanol–water partition coefficient (Wildman–Crippen LogP) is 2.42. The summed E-state index contributed by atoms with van der Waals surface area (Å²) in [7, 11) is 0. The van der Waals surface area contributed by atoms with Crippen LogP contribution in [0.25, 0.3) is 11.4 Å². The van der Waals surface area contributed by atoms with E-state index in [1.807, 2.05) is 30.3 Å². The number of hydrogen-bond donors (Lipinski definition) is 0. The van der Waals surface area contributed by atoms with Gasteiger partial charge in [-0.15, -0.1) is 0 Å². The molecule has 0 N–H and O–H groups in total. The van der Waals surface area contributed by atoms with Crippen molar-refractivity contribution in [3.63, 3.8) is 0 Å². The average molecular weight is 242 g/mol. The van der Waals surface area contributed by atoms with Crippen LogP contribution < -0.4 is 4.74 Å². The lowest BCUT2D eigenvalue weighted by Crippen LogP contribution is -2.03. The lowest BCUT2D eigenvalue weighted by atomic mass is 10.2. The van der Waals surface area contributed by atoms with Gasteiger partial charge in [-0.05, 0) is 12.8 Å². The van der Waals surface area contributed by atoms with Crippen molar-refractivity contribution in [3.8, 4) is 17.3 Å². The molecule has 0 aliphatic carbocycles. The van der Waals surface area contributed by atoms with Gasteiger partial charge in [-0.2, -0.15) is 4.98 Å². The van der Waals surface area contributed by atoms with Crippen LogP contribution in [0.15, 0.2) is 30.3 Å². The Balaban J connectivity index is 2.09. The van der Waals surface area contributed by atoms with Crippen LogP contribution in [-0.4, -0.2) is 15.5 Å². The Morgan fingerprint density at radius 2 is 2.11 bits per heavy atom. The first kappa shape index (κ1) is 11.0. The van der Waals surface area contributed by atoms with Crippen molar-refractivity contribution in [2.45, 2.75) is 26.3 Å². The summed E-state index contributed by atoms with van der Waals surface area (Å²) in [5.41, 5.74) is 2.09. The predicted molar refractivity (Wildman–Crippen MR) is 67.3 cm³/mol. The van der Waals surface area contributed by atoms with Crippen molar-refractivity contribution in [1.29, 1.82) is 0 Å². The van der Waals surface area contributed by atoms with Gasteiger partial charge in [0.2, 0.25) is 5.88 Å². The summed E-state index contributed by atoms with van der Waals surface area (Å²) in [4.78, 5) is 15.5. The number of benzene rings is 1. The van der Waals surface area contributed by atoms with E-state index < -0.39 is 0 Å². The number of imidazole rings is 1. The Bertz CT molecular complexity index is 587. The quantitative estimate of drug-likeness (QED) is 0.760. The molecule has 1 aromatic heterocycles. The van der Waals surface area contributed by atoms with Gasteiger partial charge in [0.1, 0.15) is 5.82 Å². The number of esters is 1. The van der Waals surface area contributed by atoms with Gasteiger partial charge in [-0.3, -0.25) is 4.79 Å². The standard InChI is InChI=1S/C14H14N2O2/c1-10(17)18-14-12-8-5-9-16(12)13(15-14)11-6-3-2-4-7-11/h2-4,6-7H,5,8-9H2,1H3. The molecule has 0 fully saturated rings. The monoisotopic (exact) mass is 242 g/mol. The van der Waals surface area contributed by atoms with Gasteiger partial charge in [-0.1, -0.05) is 30.3 Å². The van der Waals surface area contributed by atoms with Crippen LogP contribution in [0.1, 0.15) is 19.0 Å². The smallest absolute Gasteiger partial charge is 0.309 e. The molecular weight excluding hydrogens is 228 g/mol. The summed E-state index contributed by atoms with van der Waals surface area (Å²) < 4.78 is 7.33. The molecule has 1 aliphatic heterocycles. The average Bonchev–Trinajstić information content (AvgIpc) is 2.93. The third kappa shape index (κ3) is 1.79. The molecule has 18 heavy (non-hydrogen) atoms. The maximum atomic E-state index is 11.1. The fourth-order valence-electron chi connectivity index (χ4n) is 2.38. The number of ether oxygens (including phenoxy) is 1. The lowest BCUT2D eigenvalue weighted by Gasteiger charge is -2.02. The van der Waals surface area contributed by atoms with E-state index >= 15 is 0 Å². The second-order valence-corrected chi connectivity index (χ2v) is 4.40. The van der Waals surface area contributed by atoms with E-state index in [2.05, 4.69) is 9.55 Å². The van der Waals surface area contributed by atoms with E-state index in [0.717, 1.165) is 36.5 Å². The molecule has 0 amide bonds. The zero-order valence-corrected chi connectivity index (χ0v) is 10.2. The fraction of sp³-hybridized carbons (Fsp3) is 0.286. The van der Waals surface area contributed by atoms with E-state index in [0.29, 0.717) is 5.88 Å². The second kappa shape index (κ2) is 4.29. The maximum Gasteiger partial charge on any atom is 0.309 e. The number of nitrogens with zero attached hydrogens (tertiary/aromatic N) is 2. The SMILES string of the molecule is CC(=O)Oc1nc(-c2ccccc2)n2c1CCC2. The Morgan fingerprint density at radius 1 is 1.33 bits per heavy atom. The Kier molecular flexibility index (Phi) is 2.63. The van der Waals surface area contributed by atoms with Crippen LogP contribution in [-0.2, 0) is 17.8 Å². The van der Waals surface area contributed by atoms with E-state index in [4.69, 9.17) is 4.74 Å². The summed E-state index contributed by atoms with van der Waals surface area (Å²) in [5, 5.41) is 0. The number of fused-ring (bicyclic) bond motifs is 1. The summed E-state index contributed by atoms with van der Waals surface area (Å²) >= 11 is 0. The number of hydrogen-bond acceptors (Lipinski definition) is 3. The molecule has 1 aromatic carbocycles. The molecule has 0 unspecified atom stereocenters. The van der Waals surface area contributed by atoms with Crippen LogP contribution in [0.5, 0.6) is 5.88 Å². The van der Waals surface area contributed by atoms with Gasteiger partial charge >= 0.3 is 5.97 Å². The van der Waals surface area contributed by atoms with Gasteiger partial charge in [-0.25, -0.2) is 0 Å². The van der Waals surface area contributed by atoms with Gasteiger partial charge in [0, 0.05) is 19.0 Å². The molecule has 92 valence electrons. The van der Waals surface area contributed by atoms with Crippen LogP contribution in [0, 0.1) is 0 Å². The number of aromatic nitrogens is 2. The molecule has 0 bridgehead atoms. The summed E-state index contributed by atoms with van der Waals surface area (Å²) in [6, 6.07) is 9.98. The summed E-state index contributed by atoms with van der Waals surface area (Å²) in [6.45, 7) is 2.34. The van der Waals surface area contributed by atoms with E-state index in [1.165, 1.54) is 6.92 Å². The summed E-state index contributed by atoms with van der Waals surface area (Å²) in [6.07, 6.45) is 1.99. The molecular formula is C14H14N2O2. The minimum atomic E-state index is -0.317. The highest BCUT2D eigenvalue weighted by atomic mass is 16.5. The largest absolute Gasteiger partial charge is 0.406 e. The van der Waals surface area contributed by atoms with E-state index in [9.17, 15) is 4.79 Å². The maximum absolute atomic E-state index is 11.1. The molecule has 4 nitrogen and oxygen atoms in total. The highest BCUT2D eigenvalue weighted by Crippen LogP contribution is 2.32. The molecule has 1 aliphatic rings. The third-order valence-corrected chi connectivity index (χ3v) is 3.10. The first-order chi connectivity index (χ1) is 8.75. The number of carbonyl (C=O) groups is 1. The fourth-order valence-corrected chi connectivity index (χ4v) is 2.38. The van der Waals surface area contributed by atoms with Crippen LogP contribution >= 0.6 is 0 Å². The van der Waals surface area contributed by atoms with Gasteiger partial charge in [0.15, 0.2) is 0 Å². The normalized spacial score (nSPS) is 13.4. The highest BCUT2D eigenvalue weighted by molar-refractivity contribution is 5.70. The molecule has 0 saturated heterocycles. The second-order valence-electron chi connectivity index (χ2n) is 4.40. The Hall–Kier alpha value is -2.10. The zero-order chi connectivity index (χ0) is 12.5. The van der Waals surface area contributed by atoms with Gasteiger partial charge in [0.05, 0.1) is 5.69 Å². The van der Waals surface area contributed by atoms with E-state index in [1.54, 1.807) is 0 Å². The van der Waals surface area contributed by atoms with Crippen molar-refractivity contribution < 1.29 is 9.53 Å². The number of carbonyl (C=O) groups excluding carboxylic acids is 1. The van der Waals surface area contributed by atoms with Gasteiger partial charge < -0.3 is 9.30 Å². The first-order valence-electron chi connectivity index (χ1n) is 6.09. The molecule has 3 rings (SSSR count). The van der Waals surface area contributed by atoms with Crippen molar-refractivity contribution in [3.05, 3.63) is 36.0 Å². The molecule has 0 atom stereocenters. The summed E-state index contributed by atoms with van der Waals surface area (Å²) in [5.74, 6) is 1.04. The minimum Gasteiger partial charge on any atom is -0.406 e. The highest BCUT2D eigenvalue weighted by Gasteiger charge is 2.24. The third-order valence-electron chi connectivity index (χ3n) is 3.10. The molecule has 0 saturated carbocycles.